The van der Waals surface area contributed by atoms with Crippen molar-refractivity contribution in [3.05, 3.63) is 63.9 Å². The zero-order valence-corrected chi connectivity index (χ0v) is 20.1. The van der Waals surface area contributed by atoms with Gasteiger partial charge in [0.2, 0.25) is 0 Å². The number of para-hydroxylation sites is 2. The molecule has 1 N–H and O–H groups in total. The predicted molar refractivity (Wildman–Crippen MR) is 131 cm³/mol. The molecule has 1 amide bonds. The maximum absolute atomic E-state index is 13.5. The Labute approximate surface area is 193 Å². The van der Waals surface area contributed by atoms with Crippen molar-refractivity contribution in [3.63, 3.8) is 0 Å². The van der Waals surface area contributed by atoms with Gasteiger partial charge in [-0.25, -0.2) is 4.99 Å². The summed E-state index contributed by atoms with van der Waals surface area (Å²) in [7, 11) is 1.60. The van der Waals surface area contributed by atoms with Crippen LogP contribution in [0.5, 0.6) is 5.75 Å². The Morgan fingerprint density at radius 2 is 2.03 bits per heavy atom. The van der Waals surface area contributed by atoms with E-state index in [9.17, 15) is 4.79 Å². The number of thiophene rings is 1. The lowest BCUT2D eigenvalue weighted by Gasteiger charge is -2.33. The molecule has 168 valence electrons. The van der Waals surface area contributed by atoms with Crippen LogP contribution >= 0.6 is 11.3 Å². The van der Waals surface area contributed by atoms with Gasteiger partial charge in [-0.2, -0.15) is 0 Å². The highest BCUT2D eigenvalue weighted by molar-refractivity contribution is 7.16. The Morgan fingerprint density at radius 3 is 2.72 bits per heavy atom. The van der Waals surface area contributed by atoms with Crippen LogP contribution in [0.15, 0.2) is 45.8 Å². The van der Waals surface area contributed by atoms with Gasteiger partial charge >= 0.3 is 0 Å². The number of benzene rings is 1. The number of fused-ring (bicyclic) bond motifs is 1. The van der Waals surface area contributed by atoms with Crippen LogP contribution in [0.2, 0.25) is 0 Å². The van der Waals surface area contributed by atoms with Crippen molar-refractivity contribution in [2.75, 3.05) is 12.4 Å². The molecule has 1 unspecified atom stereocenters. The van der Waals surface area contributed by atoms with E-state index in [1.807, 2.05) is 43.3 Å². The number of carbonyl (C=O) groups is 1. The highest BCUT2D eigenvalue weighted by atomic mass is 32.1. The van der Waals surface area contributed by atoms with Crippen LogP contribution in [0.4, 0.5) is 10.7 Å². The van der Waals surface area contributed by atoms with E-state index < -0.39 is 0 Å². The molecule has 6 heteroatoms. The fourth-order valence-electron chi connectivity index (χ4n) is 4.21. The number of aliphatic imine (C=N–C) groups is 1. The largest absolute Gasteiger partial charge is 0.495 e. The zero-order valence-electron chi connectivity index (χ0n) is 19.3. The van der Waals surface area contributed by atoms with Crippen molar-refractivity contribution in [2.24, 2.45) is 16.3 Å². The van der Waals surface area contributed by atoms with Crippen molar-refractivity contribution in [1.29, 1.82) is 0 Å². The molecular formula is C26H30N2O3S. The summed E-state index contributed by atoms with van der Waals surface area (Å²) in [6.45, 7) is 8.79. The quantitative estimate of drug-likeness (QED) is 0.434. The monoisotopic (exact) mass is 450 g/mol. The Balaban J connectivity index is 1.71. The fraction of sp³-hybridized carbons (Fsp3) is 0.385. The standard InChI is InChI=1S/C26H30N2O3S/c1-16-10-12-18(31-16)15-27-25-23(24(29)28-20-8-6-7-9-21(20)30-5)19-13-11-17(26(2,3)4)14-22(19)32-25/h6-10,12,15,17H,11,13-14H2,1-5H3,(H,28,29)/b27-15+. The molecule has 1 aromatic carbocycles. The Bertz CT molecular complexity index is 1150. The highest BCUT2D eigenvalue weighted by Gasteiger charge is 2.33. The summed E-state index contributed by atoms with van der Waals surface area (Å²) in [4.78, 5) is 19.4. The molecule has 0 bridgehead atoms. The summed E-state index contributed by atoms with van der Waals surface area (Å²) in [5.74, 6) is 2.58. The van der Waals surface area contributed by atoms with Crippen LogP contribution in [0.1, 0.15) is 59.5 Å². The van der Waals surface area contributed by atoms with E-state index in [2.05, 4.69) is 26.1 Å². The van der Waals surface area contributed by atoms with Gasteiger partial charge in [-0.05, 0) is 67.3 Å². The first-order valence-corrected chi connectivity index (χ1v) is 11.8. The summed E-state index contributed by atoms with van der Waals surface area (Å²) < 4.78 is 11.0. The van der Waals surface area contributed by atoms with E-state index in [1.54, 1.807) is 24.7 Å². The summed E-state index contributed by atoms with van der Waals surface area (Å²) in [6, 6.07) is 11.2. The normalized spacial score (nSPS) is 16.2. The summed E-state index contributed by atoms with van der Waals surface area (Å²) in [5, 5.41) is 3.77. The molecular weight excluding hydrogens is 420 g/mol. The maximum atomic E-state index is 13.5. The lowest BCUT2D eigenvalue weighted by Crippen LogP contribution is -2.27. The third-order valence-corrected chi connectivity index (χ3v) is 7.29. The third kappa shape index (κ3) is 4.65. The van der Waals surface area contributed by atoms with Crippen molar-refractivity contribution < 1.29 is 13.9 Å². The summed E-state index contributed by atoms with van der Waals surface area (Å²) >= 11 is 1.63. The number of amides is 1. The van der Waals surface area contributed by atoms with Crippen molar-refractivity contribution in [2.45, 2.75) is 47.0 Å². The van der Waals surface area contributed by atoms with Crippen LogP contribution in [0, 0.1) is 18.3 Å². The summed E-state index contributed by atoms with van der Waals surface area (Å²) in [5.41, 5.74) is 2.68. The number of nitrogens with zero attached hydrogens (tertiary/aromatic N) is 1. The first kappa shape index (κ1) is 22.3. The first-order chi connectivity index (χ1) is 15.3. The molecule has 0 saturated carbocycles. The molecule has 4 rings (SSSR count). The van der Waals surface area contributed by atoms with E-state index in [0.717, 1.165) is 35.6 Å². The number of rotatable bonds is 5. The van der Waals surface area contributed by atoms with E-state index in [4.69, 9.17) is 14.1 Å². The number of hydrogen-bond donors (Lipinski definition) is 1. The zero-order chi connectivity index (χ0) is 22.9. The minimum absolute atomic E-state index is 0.149. The molecule has 0 spiro atoms. The highest BCUT2D eigenvalue weighted by Crippen LogP contribution is 2.45. The fourth-order valence-corrected chi connectivity index (χ4v) is 5.48. The number of nitrogens with one attached hydrogen (secondary N) is 1. The smallest absolute Gasteiger partial charge is 0.259 e. The van der Waals surface area contributed by atoms with Gasteiger partial charge in [-0.1, -0.05) is 32.9 Å². The molecule has 1 aliphatic carbocycles. The van der Waals surface area contributed by atoms with E-state index in [-0.39, 0.29) is 11.3 Å². The lowest BCUT2D eigenvalue weighted by atomic mass is 9.72. The molecule has 32 heavy (non-hydrogen) atoms. The van der Waals surface area contributed by atoms with Crippen LogP contribution in [0.25, 0.3) is 0 Å². The van der Waals surface area contributed by atoms with Crippen LogP contribution in [0.3, 0.4) is 0 Å². The Morgan fingerprint density at radius 1 is 1.25 bits per heavy atom. The second-order valence-corrected chi connectivity index (χ2v) is 10.4. The summed E-state index contributed by atoms with van der Waals surface area (Å²) in [6.07, 6.45) is 4.64. The van der Waals surface area contributed by atoms with Crippen LogP contribution in [-0.4, -0.2) is 19.2 Å². The van der Waals surface area contributed by atoms with E-state index in [1.165, 1.54) is 4.88 Å². The van der Waals surface area contributed by atoms with Gasteiger partial charge in [0, 0.05) is 4.88 Å². The number of aryl methyl sites for hydroxylation is 1. The number of ether oxygens (including phenoxy) is 1. The molecule has 5 nitrogen and oxygen atoms in total. The second-order valence-electron chi connectivity index (χ2n) is 9.35. The topological polar surface area (TPSA) is 63.8 Å². The van der Waals surface area contributed by atoms with Gasteiger partial charge in [0.15, 0.2) is 0 Å². The molecule has 1 atom stereocenters. The van der Waals surface area contributed by atoms with Crippen molar-refractivity contribution in [3.8, 4) is 5.75 Å². The average Bonchev–Trinajstić information content (AvgIpc) is 3.34. The Kier molecular flexibility index (Phi) is 6.24. The van der Waals surface area contributed by atoms with Gasteiger partial charge < -0.3 is 14.5 Å². The first-order valence-electron chi connectivity index (χ1n) is 11.0. The Hall–Kier alpha value is -2.86. The molecule has 1 aliphatic rings. The van der Waals surface area contributed by atoms with Gasteiger partial charge in [-0.3, -0.25) is 4.79 Å². The minimum Gasteiger partial charge on any atom is -0.495 e. The number of methoxy groups -OCH3 is 1. The number of carbonyl (C=O) groups excluding carboxylic acids is 1. The molecule has 2 heterocycles. The molecule has 0 fully saturated rings. The molecule has 3 aromatic rings. The SMILES string of the molecule is COc1ccccc1NC(=O)c1c(/N=C/c2ccc(C)o2)sc2c1CCC(C(C)(C)C)C2. The van der Waals surface area contributed by atoms with E-state index in [0.29, 0.717) is 28.7 Å². The minimum atomic E-state index is -0.149. The third-order valence-electron chi connectivity index (χ3n) is 6.12. The van der Waals surface area contributed by atoms with Gasteiger partial charge in [-0.15, -0.1) is 11.3 Å². The molecule has 0 saturated heterocycles. The van der Waals surface area contributed by atoms with Crippen molar-refractivity contribution >= 4 is 34.1 Å². The lowest BCUT2D eigenvalue weighted by molar-refractivity contribution is 0.102. The number of hydrogen-bond acceptors (Lipinski definition) is 5. The maximum Gasteiger partial charge on any atom is 0.259 e. The molecule has 0 aliphatic heterocycles. The van der Waals surface area contributed by atoms with Crippen molar-refractivity contribution in [1.82, 2.24) is 0 Å². The van der Waals surface area contributed by atoms with Gasteiger partial charge in [0.05, 0.1) is 24.6 Å². The number of anilines is 1. The van der Waals surface area contributed by atoms with Gasteiger partial charge in [0.25, 0.3) is 5.91 Å². The predicted octanol–water partition coefficient (Wildman–Crippen LogP) is 6.81. The molecule has 2 aromatic heterocycles. The van der Waals surface area contributed by atoms with E-state index >= 15 is 0 Å². The van der Waals surface area contributed by atoms with Gasteiger partial charge in [0.1, 0.15) is 22.3 Å². The van der Waals surface area contributed by atoms with Crippen LogP contribution in [-0.2, 0) is 12.8 Å². The molecule has 0 radical (unpaired) electrons. The van der Waals surface area contributed by atoms with Crippen LogP contribution < -0.4 is 10.1 Å². The second kappa shape index (κ2) is 8.94. The average molecular weight is 451 g/mol. The number of furan rings is 1.